The molecule has 0 spiro atoms. The molecule has 0 saturated heterocycles. The molecule has 0 aliphatic heterocycles. The van der Waals surface area contributed by atoms with E-state index in [1.165, 1.54) is 58.0 Å². The highest BCUT2D eigenvalue weighted by atomic mass is 14.9. The molecule has 3 unspecified atom stereocenters. The summed E-state index contributed by atoms with van der Waals surface area (Å²) in [5, 5.41) is 3.85. The molecule has 2 bridgehead atoms. The van der Waals surface area contributed by atoms with E-state index < -0.39 is 0 Å². The van der Waals surface area contributed by atoms with E-state index >= 15 is 0 Å². The van der Waals surface area contributed by atoms with Gasteiger partial charge in [0.2, 0.25) is 0 Å². The summed E-state index contributed by atoms with van der Waals surface area (Å²) in [5.41, 5.74) is 0.678. The highest BCUT2D eigenvalue weighted by Crippen LogP contribution is 2.48. The van der Waals surface area contributed by atoms with Gasteiger partial charge in [0.05, 0.1) is 0 Å². The molecule has 3 aliphatic rings. The third-order valence-corrected chi connectivity index (χ3v) is 6.21. The molecule has 0 aromatic heterocycles. The molecular weight excluding hydrogens is 206 g/mol. The highest BCUT2D eigenvalue weighted by molar-refractivity contribution is 4.92. The number of hydrogen-bond donors (Lipinski definition) is 1. The largest absolute Gasteiger partial charge is 0.316 e. The first-order valence-corrected chi connectivity index (χ1v) is 8.02. The van der Waals surface area contributed by atoms with E-state index in [1.807, 2.05) is 0 Å². The number of nitrogens with one attached hydrogen (secondary N) is 1. The van der Waals surface area contributed by atoms with E-state index in [1.54, 1.807) is 12.8 Å². The molecule has 17 heavy (non-hydrogen) atoms. The van der Waals surface area contributed by atoms with E-state index in [-0.39, 0.29) is 0 Å². The van der Waals surface area contributed by atoms with Crippen LogP contribution >= 0.6 is 0 Å². The summed E-state index contributed by atoms with van der Waals surface area (Å²) in [7, 11) is 0. The van der Waals surface area contributed by atoms with Crippen LogP contribution in [0, 0.1) is 23.2 Å². The van der Waals surface area contributed by atoms with Gasteiger partial charge in [-0.1, -0.05) is 26.2 Å². The van der Waals surface area contributed by atoms with Crippen molar-refractivity contribution >= 4 is 0 Å². The Morgan fingerprint density at radius 2 is 1.94 bits per heavy atom. The summed E-state index contributed by atoms with van der Waals surface area (Å²) in [4.78, 5) is 0. The molecular formula is C16H29N. The van der Waals surface area contributed by atoms with Gasteiger partial charge in [0.25, 0.3) is 0 Å². The highest BCUT2D eigenvalue weighted by Gasteiger charge is 2.39. The predicted octanol–water partition coefficient (Wildman–Crippen LogP) is 3.98. The maximum Gasteiger partial charge on any atom is 0.000782 e. The molecule has 1 N–H and O–H groups in total. The van der Waals surface area contributed by atoms with Crippen molar-refractivity contribution < 1.29 is 0 Å². The summed E-state index contributed by atoms with van der Waals surface area (Å²) >= 11 is 0. The monoisotopic (exact) mass is 235 g/mol. The first-order chi connectivity index (χ1) is 8.31. The van der Waals surface area contributed by atoms with Crippen LogP contribution in [0.25, 0.3) is 0 Å². The minimum atomic E-state index is 0.678. The van der Waals surface area contributed by atoms with E-state index in [2.05, 4.69) is 12.2 Å². The minimum Gasteiger partial charge on any atom is -0.316 e. The first kappa shape index (κ1) is 12.0. The normalized spacial score (nSPS) is 39.0. The van der Waals surface area contributed by atoms with Crippen molar-refractivity contribution in [2.75, 3.05) is 13.1 Å². The molecule has 3 saturated carbocycles. The van der Waals surface area contributed by atoms with Crippen molar-refractivity contribution in [3.63, 3.8) is 0 Å². The van der Waals surface area contributed by atoms with E-state index in [0.717, 1.165) is 17.8 Å². The van der Waals surface area contributed by atoms with Crippen LogP contribution in [0.1, 0.15) is 64.7 Å². The van der Waals surface area contributed by atoms with Gasteiger partial charge >= 0.3 is 0 Å². The van der Waals surface area contributed by atoms with Gasteiger partial charge in [0.15, 0.2) is 0 Å². The average Bonchev–Trinajstić information content (AvgIpc) is 3.05. The fourth-order valence-electron chi connectivity index (χ4n) is 4.93. The maximum absolute atomic E-state index is 3.85. The Balaban J connectivity index is 1.43. The van der Waals surface area contributed by atoms with Gasteiger partial charge in [0.1, 0.15) is 0 Å². The van der Waals surface area contributed by atoms with Crippen molar-refractivity contribution in [2.45, 2.75) is 64.7 Å². The quantitative estimate of drug-likeness (QED) is 0.760. The fourth-order valence-corrected chi connectivity index (χ4v) is 4.93. The van der Waals surface area contributed by atoms with Gasteiger partial charge in [-0.25, -0.2) is 0 Å². The Labute approximate surface area is 107 Å². The Kier molecular flexibility index (Phi) is 3.47. The van der Waals surface area contributed by atoms with Crippen LogP contribution in [0.5, 0.6) is 0 Å². The van der Waals surface area contributed by atoms with Crippen molar-refractivity contribution in [2.24, 2.45) is 23.2 Å². The molecule has 0 radical (unpaired) electrons. The standard InChI is InChI=1S/C16H29N/c1-2-16(7-3-4-8-16)12-17-11-15-10-13-5-6-14(15)9-13/h13-15,17H,2-12H2,1H3. The Morgan fingerprint density at radius 1 is 1.12 bits per heavy atom. The Bertz CT molecular complexity index is 254. The van der Waals surface area contributed by atoms with Crippen LogP contribution in [0.15, 0.2) is 0 Å². The molecule has 3 aliphatic carbocycles. The lowest BCUT2D eigenvalue weighted by Crippen LogP contribution is -2.35. The topological polar surface area (TPSA) is 12.0 Å². The third-order valence-electron chi connectivity index (χ3n) is 6.21. The zero-order valence-electron chi connectivity index (χ0n) is 11.5. The molecule has 0 amide bonds. The van der Waals surface area contributed by atoms with Crippen LogP contribution in [0.3, 0.4) is 0 Å². The summed E-state index contributed by atoms with van der Waals surface area (Å²) in [6.07, 6.45) is 13.5. The van der Waals surface area contributed by atoms with Gasteiger partial charge in [-0.15, -0.1) is 0 Å². The van der Waals surface area contributed by atoms with Crippen LogP contribution in [0.2, 0.25) is 0 Å². The minimum absolute atomic E-state index is 0.678. The number of rotatable bonds is 5. The molecule has 0 aromatic rings. The lowest BCUT2D eigenvalue weighted by Gasteiger charge is -2.30. The SMILES string of the molecule is CCC1(CNCC2CC3CCC2C3)CCCC1. The predicted molar refractivity (Wildman–Crippen MR) is 73.0 cm³/mol. The number of fused-ring (bicyclic) bond motifs is 2. The zero-order valence-corrected chi connectivity index (χ0v) is 11.5. The molecule has 0 heterocycles. The number of hydrogen-bond acceptors (Lipinski definition) is 1. The lowest BCUT2D eigenvalue weighted by atomic mass is 9.83. The second kappa shape index (κ2) is 4.91. The van der Waals surface area contributed by atoms with E-state index in [9.17, 15) is 0 Å². The molecule has 3 fully saturated rings. The molecule has 0 aromatic carbocycles. The Morgan fingerprint density at radius 3 is 2.53 bits per heavy atom. The lowest BCUT2D eigenvalue weighted by molar-refractivity contribution is 0.245. The third kappa shape index (κ3) is 2.41. The van der Waals surface area contributed by atoms with Crippen molar-refractivity contribution in [3.05, 3.63) is 0 Å². The van der Waals surface area contributed by atoms with Crippen molar-refractivity contribution in [1.82, 2.24) is 5.32 Å². The molecule has 98 valence electrons. The van der Waals surface area contributed by atoms with Crippen LogP contribution in [-0.4, -0.2) is 13.1 Å². The molecule has 1 nitrogen and oxygen atoms in total. The summed E-state index contributed by atoms with van der Waals surface area (Å²) in [6.45, 7) is 5.02. The average molecular weight is 235 g/mol. The van der Waals surface area contributed by atoms with Gasteiger partial charge in [-0.3, -0.25) is 0 Å². The fraction of sp³-hybridized carbons (Fsp3) is 1.00. The zero-order chi connectivity index (χ0) is 11.7. The summed E-state index contributed by atoms with van der Waals surface area (Å²) in [5.74, 6) is 3.23. The van der Waals surface area contributed by atoms with E-state index in [4.69, 9.17) is 0 Å². The van der Waals surface area contributed by atoms with Gasteiger partial charge in [-0.2, -0.15) is 0 Å². The first-order valence-electron chi connectivity index (χ1n) is 8.02. The smallest absolute Gasteiger partial charge is 0.000782 e. The molecule has 3 rings (SSSR count). The van der Waals surface area contributed by atoms with Crippen LogP contribution in [-0.2, 0) is 0 Å². The molecule has 3 atom stereocenters. The van der Waals surface area contributed by atoms with Gasteiger partial charge in [0, 0.05) is 6.54 Å². The molecule has 1 heteroatoms. The van der Waals surface area contributed by atoms with E-state index in [0.29, 0.717) is 5.41 Å². The second-order valence-corrected chi connectivity index (χ2v) is 7.13. The summed E-state index contributed by atoms with van der Waals surface area (Å²) < 4.78 is 0. The Hall–Kier alpha value is -0.0400. The maximum atomic E-state index is 3.85. The van der Waals surface area contributed by atoms with Crippen molar-refractivity contribution in [3.8, 4) is 0 Å². The summed E-state index contributed by atoms with van der Waals surface area (Å²) in [6, 6.07) is 0. The van der Waals surface area contributed by atoms with Crippen LogP contribution < -0.4 is 5.32 Å². The van der Waals surface area contributed by atoms with Gasteiger partial charge < -0.3 is 5.32 Å². The van der Waals surface area contributed by atoms with Crippen molar-refractivity contribution in [1.29, 1.82) is 0 Å². The second-order valence-electron chi connectivity index (χ2n) is 7.13. The van der Waals surface area contributed by atoms with Crippen LogP contribution in [0.4, 0.5) is 0 Å². The van der Waals surface area contributed by atoms with Gasteiger partial charge in [-0.05, 0) is 68.2 Å².